The fraction of sp³-hybridized carbons (Fsp3) is 0.235. The minimum Gasteiger partial charge on any atom is -0.446 e. The van der Waals surface area contributed by atoms with Crippen LogP contribution in [0.3, 0.4) is 0 Å². The summed E-state index contributed by atoms with van der Waals surface area (Å²) in [7, 11) is -4.19. The summed E-state index contributed by atoms with van der Waals surface area (Å²) in [4.78, 5) is 29.1. The minimum absolute atomic E-state index is 0.137. The van der Waals surface area contributed by atoms with Crippen LogP contribution in [0, 0.1) is 5.82 Å². The van der Waals surface area contributed by atoms with Gasteiger partial charge in [0.15, 0.2) is 0 Å². The molecule has 4 aromatic rings. The van der Waals surface area contributed by atoms with Crippen LogP contribution in [0.2, 0.25) is 0 Å². The number of para-hydroxylation sites is 2. The largest absolute Gasteiger partial charge is 0.446 e. The Morgan fingerprint density at radius 1 is 0.844 bits per heavy atom. The van der Waals surface area contributed by atoms with Crippen molar-refractivity contribution in [2.45, 2.75) is 30.3 Å². The molecule has 0 saturated carbocycles. The third kappa shape index (κ3) is 8.53. The molecule has 0 bridgehead atoms. The third-order valence-electron chi connectivity index (χ3n) is 7.61. The van der Waals surface area contributed by atoms with Crippen LogP contribution in [0.4, 0.5) is 20.6 Å². The molecule has 11 heteroatoms. The zero-order chi connectivity index (χ0) is 31.6. The highest BCUT2D eigenvalue weighted by Crippen LogP contribution is 2.28. The van der Waals surface area contributed by atoms with Crippen LogP contribution in [0.15, 0.2) is 114 Å². The number of rotatable bonds is 11. The van der Waals surface area contributed by atoms with Crippen molar-refractivity contribution in [2.24, 2.45) is 0 Å². The topological polar surface area (TPSA) is 108 Å². The fourth-order valence-electron chi connectivity index (χ4n) is 5.21. The number of piperidine rings is 1. The maximum atomic E-state index is 14.2. The molecule has 9 nitrogen and oxygen atoms in total. The zero-order valence-electron chi connectivity index (χ0n) is 24.6. The van der Waals surface area contributed by atoms with Crippen molar-refractivity contribution in [1.82, 2.24) is 9.62 Å². The van der Waals surface area contributed by atoms with Gasteiger partial charge in [-0.1, -0.05) is 78.9 Å². The number of carbonyl (C=O) groups is 2. The Morgan fingerprint density at radius 2 is 1.47 bits per heavy atom. The molecule has 1 aliphatic rings. The van der Waals surface area contributed by atoms with E-state index in [4.69, 9.17) is 4.74 Å². The molecule has 1 saturated heterocycles. The summed E-state index contributed by atoms with van der Waals surface area (Å²) >= 11 is 0. The Bertz CT molecular complexity index is 1700. The summed E-state index contributed by atoms with van der Waals surface area (Å²) in [6.45, 7) is 1.37. The summed E-state index contributed by atoms with van der Waals surface area (Å²) in [6, 6.07) is 31.2. The number of carbonyl (C=O) groups excluding carboxylic acids is 2. The first kappa shape index (κ1) is 31.8. The lowest BCUT2D eigenvalue weighted by Gasteiger charge is -2.32. The SMILES string of the molecule is O=C(Nc1ccccc1-c1ccccc1)OC1CCN(CCC(=O)N(CNS(=O)(=O)c2ccccc2F)c2ccccc2)CC1. The van der Waals surface area contributed by atoms with E-state index >= 15 is 0 Å². The molecule has 1 fully saturated rings. The molecule has 0 aliphatic carbocycles. The number of sulfonamides is 1. The van der Waals surface area contributed by atoms with E-state index in [9.17, 15) is 22.4 Å². The average molecular weight is 631 g/mol. The Hall–Kier alpha value is -4.58. The van der Waals surface area contributed by atoms with Crippen molar-refractivity contribution in [2.75, 3.05) is 36.5 Å². The number of ether oxygens (including phenoxy) is 1. The molecule has 5 rings (SSSR count). The summed E-state index contributed by atoms with van der Waals surface area (Å²) in [5.74, 6) is -1.16. The molecular formula is C34H35FN4O5S. The van der Waals surface area contributed by atoms with E-state index in [2.05, 4.69) is 14.9 Å². The summed E-state index contributed by atoms with van der Waals surface area (Å²) in [5, 5.41) is 2.88. The van der Waals surface area contributed by atoms with Crippen LogP contribution in [0.5, 0.6) is 0 Å². The van der Waals surface area contributed by atoms with Crippen LogP contribution in [0.1, 0.15) is 19.3 Å². The van der Waals surface area contributed by atoms with E-state index in [1.54, 1.807) is 30.3 Å². The highest BCUT2D eigenvalue weighted by molar-refractivity contribution is 7.89. The van der Waals surface area contributed by atoms with Gasteiger partial charge >= 0.3 is 6.09 Å². The third-order valence-corrected chi connectivity index (χ3v) is 9.03. The van der Waals surface area contributed by atoms with E-state index in [0.29, 0.717) is 43.9 Å². The van der Waals surface area contributed by atoms with Gasteiger partial charge in [0.05, 0.1) is 12.4 Å². The Labute approximate surface area is 262 Å². The maximum Gasteiger partial charge on any atom is 0.411 e. The number of benzene rings is 4. The Morgan fingerprint density at radius 3 is 2.18 bits per heavy atom. The van der Waals surface area contributed by atoms with Gasteiger partial charge in [-0.3, -0.25) is 15.0 Å². The highest BCUT2D eigenvalue weighted by atomic mass is 32.2. The van der Waals surface area contributed by atoms with E-state index in [0.717, 1.165) is 17.2 Å². The molecule has 4 aromatic carbocycles. The number of anilines is 2. The second kappa shape index (κ2) is 14.9. The lowest BCUT2D eigenvalue weighted by molar-refractivity contribution is -0.119. The van der Waals surface area contributed by atoms with Crippen molar-refractivity contribution in [3.8, 4) is 11.1 Å². The van der Waals surface area contributed by atoms with Gasteiger partial charge in [0.25, 0.3) is 0 Å². The van der Waals surface area contributed by atoms with Gasteiger partial charge in [0.1, 0.15) is 16.8 Å². The monoisotopic (exact) mass is 630 g/mol. The molecule has 234 valence electrons. The van der Waals surface area contributed by atoms with Crippen molar-refractivity contribution < 1.29 is 27.1 Å². The van der Waals surface area contributed by atoms with E-state index in [1.165, 1.54) is 23.1 Å². The van der Waals surface area contributed by atoms with E-state index in [-0.39, 0.29) is 25.1 Å². The van der Waals surface area contributed by atoms with Gasteiger partial charge < -0.3 is 9.64 Å². The molecule has 0 spiro atoms. The highest BCUT2D eigenvalue weighted by Gasteiger charge is 2.26. The van der Waals surface area contributed by atoms with Gasteiger partial charge in [-0.25, -0.2) is 17.6 Å². The van der Waals surface area contributed by atoms with Crippen LogP contribution in [0.25, 0.3) is 11.1 Å². The van der Waals surface area contributed by atoms with Crippen molar-refractivity contribution in [1.29, 1.82) is 0 Å². The molecule has 1 aliphatic heterocycles. The van der Waals surface area contributed by atoms with Crippen molar-refractivity contribution in [3.05, 3.63) is 115 Å². The predicted molar refractivity (Wildman–Crippen MR) is 172 cm³/mol. The van der Waals surface area contributed by atoms with Crippen LogP contribution in [-0.2, 0) is 19.6 Å². The quantitative estimate of drug-likeness (QED) is 0.201. The Balaban J connectivity index is 1.12. The zero-order valence-corrected chi connectivity index (χ0v) is 25.5. The fourth-order valence-corrected chi connectivity index (χ4v) is 6.25. The molecular weight excluding hydrogens is 595 g/mol. The number of hydrogen-bond acceptors (Lipinski definition) is 6. The maximum absolute atomic E-state index is 14.2. The van der Waals surface area contributed by atoms with Gasteiger partial charge in [0.2, 0.25) is 15.9 Å². The molecule has 0 atom stereocenters. The smallest absolute Gasteiger partial charge is 0.411 e. The number of hydrogen-bond donors (Lipinski definition) is 2. The number of amides is 2. The van der Waals surface area contributed by atoms with Gasteiger partial charge in [-0.05, 0) is 48.7 Å². The first-order valence-corrected chi connectivity index (χ1v) is 16.2. The van der Waals surface area contributed by atoms with Crippen LogP contribution < -0.4 is 14.9 Å². The molecule has 2 amide bonds. The van der Waals surface area contributed by atoms with Crippen LogP contribution in [-0.4, -0.2) is 57.7 Å². The van der Waals surface area contributed by atoms with Crippen molar-refractivity contribution in [3.63, 3.8) is 0 Å². The normalized spacial score (nSPS) is 14.1. The standard InChI is InChI=1S/C34H35FN4O5S/c35-30-16-8-10-18-32(30)45(42,43)36-25-39(27-13-5-2-6-14-27)33(40)21-24-38-22-19-28(20-23-38)44-34(41)37-31-17-9-7-15-29(31)26-11-3-1-4-12-26/h1-18,28,36H,19-25H2,(H,37,41). The lowest BCUT2D eigenvalue weighted by atomic mass is 10.0. The van der Waals surface area contributed by atoms with E-state index < -0.39 is 26.8 Å². The first-order chi connectivity index (χ1) is 21.8. The van der Waals surface area contributed by atoms with Gasteiger partial charge in [0, 0.05) is 37.3 Å². The second-order valence-corrected chi connectivity index (χ2v) is 12.4. The predicted octanol–water partition coefficient (Wildman–Crippen LogP) is 5.86. The van der Waals surface area contributed by atoms with Crippen molar-refractivity contribution >= 4 is 33.4 Å². The molecule has 2 N–H and O–H groups in total. The first-order valence-electron chi connectivity index (χ1n) is 14.7. The van der Waals surface area contributed by atoms with Gasteiger partial charge in [-0.15, -0.1) is 0 Å². The lowest BCUT2D eigenvalue weighted by Crippen LogP contribution is -2.44. The van der Waals surface area contributed by atoms with E-state index in [1.807, 2.05) is 54.6 Å². The van der Waals surface area contributed by atoms with Gasteiger partial charge in [-0.2, -0.15) is 4.72 Å². The minimum atomic E-state index is -4.19. The molecule has 45 heavy (non-hydrogen) atoms. The molecule has 0 aromatic heterocycles. The molecule has 0 radical (unpaired) electrons. The molecule has 1 heterocycles. The van der Waals surface area contributed by atoms with Crippen LogP contribution >= 0.6 is 0 Å². The number of halogens is 1. The molecule has 0 unspecified atom stereocenters. The number of likely N-dealkylation sites (tertiary alicyclic amines) is 1. The summed E-state index contributed by atoms with van der Waals surface area (Å²) in [6.07, 6.45) is 0.607. The number of nitrogens with one attached hydrogen (secondary N) is 2. The Kier molecular flexibility index (Phi) is 10.6. The average Bonchev–Trinajstić information content (AvgIpc) is 3.06. The second-order valence-electron chi connectivity index (χ2n) is 10.6. The number of nitrogens with zero attached hydrogens (tertiary/aromatic N) is 2. The summed E-state index contributed by atoms with van der Waals surface area (Å²) < 4.78 is 47.8. The summed E-state index contributed by atoms with van der Waals surface area (Å²) in [5.41, 5.74) is 3.08.